The first-order valence-corrected chi connectivity index (χ1v) is 4.64. The van der Waals surface area contributed by atoms with Gasteiger partial charge < -0.3 is 5.32 Å². The van der Waals surface area contributed by atoms with Crippen LogP contribution in [0.3, 0.4) is 0 Å². The lowest BCUT2D eigenvalue weighted by Crippen LogP contribution is -2.03. The van der Waals surface area contributed by atoms with Crippen LogP contribution in [0.2, 0.25) is 0 Å². The highest BCUT2D eigenvalue weighted by Crippen LogP contribution is 1.90. The number of rotatable bonds is 7. The third-order valence-electron chi connectivity index (χ3n) is 1.47. The fraction of sp³-hybridized carbons (Fsp3) is 0.333. The molecule has 72 valence electrons. The van der Waals surface area contributed by atoms with E-state index < -0.39 is 0 Å². The van der Waals surface area contributed by atoms with Crippen LogP contribution in [0, 0.1) is 0 Å². The lowest BCUT2D eigenvalue weighted by Gasteiger charge is -1.86. The largest absolute Gasteiger partial charge is 0.316 e. The van der Waals surface area contributed by atoms with Gasteiger partial charge in [-0.05, 0) is 19.9 Å². The first-order chi connectivity index (χ1) is 6.41. The van der Waals surface area contributed by atoms with E-state index in [0.29, 0.717) is 0 Å². The predicted molar refractivity (Wildman–Crippen MR) is 60.8 cm³/mol. The van der Waals surface area contributed by atoms with Crippen molar-refractivity contribution in [1.82, 2.24) is 5.32 Å². The SMILES string of the molecule is C=C/C=C\C/C=C\C/C=C\CNC. The van der Waals surface area contributed by atoms with Gasteiger partial charge in [0, 0.05) is 6.54 Å². The highest BCUT2D eigenvalue weighted by molar-refractivity contribution is 5.02. The number of nitrogens with one attached hydrogen (secondary N) is 1. The van der Waals surface area contributed by atoms with Gasteiger partial charge >= 0.3 is 0 Å². The Morgan fingerprint density at radius 3 is 2.23 bits per heavy atom. The molecule has 0 aliphatic rings. The normalized spacial score (nSPS) is 12.1. The van der Waals surface area contributed by atoms with Gasteiger partial charge in [0.15, 0.2) is 0 Å². The third kappa shape index (κ3) is 10.9. The molecular formula is C12H19N. The maximum atomic E-state index is 3.60. The molecule has 0 fully saturated rings. The van der Waals surface area contributed by atoms with Crippen LogP contribution in [-0.2, 0) is 0 Å². The summed E-state index contributed by atoms with van der Waals surface area (Å²) in [6.07, 6.45) is 16.5. The molecule has 0 aromatic heterocycles. The molecule has 0 rings (SSSR count). The van der Waals surface area contributed by atoms with Crippen LogP contribution in [0.5, 0.6) is 0 Å². The highest BCUT2D eigenvalue weighted by Gasteiger charge is 1.72. The number of likely N-dealkylation sites (N-methyl/N-ethyl adjacent to an activating group) is 1. The Labute approximate surface area is 81.5 Å². The van der Waals surface area contributed by atoms with E-state index in [0.717, 1.165) is 19.4 Å². The van der Waals surface area contributed by atoms with Crippen LogP contribution in [-0.4, -0.2) is 13.6 Å². The molecule has 1 heteroatoms. The molecule has 13 heavy (non-hydrogen) atoms. The van der Waals surface area contributed by atoms with Gasteiger partial charge in [0.2, 0.25) is 0 Å². The maximum Gasteiger partial charge on any atom is 0.0131 e. The van der Waals surface area contributed by atoms with Gasteiger partial charge in [0.25, 0.3) is 0 Å². The fourth-order valence-corrected chi connectivity index (χ4v) is 0.822. The molecule has 0 atom stereocenters. The molecule has 0 bridgehead atoms. The Morgan fingerprint density at radius 2 is 1.62 bits per heavy atom. The number of hydrogen-bond donors (Lipinski definition) is 1. The summed E-state index contributed by atoms with van der Waals surface area (Å²) in [6.45, 7) is 4.55. The average molecular weight is 177 g/mol. The molecular weight excluding hydrogens is 158 g/mol. The van der Waals surface area contributed by atoms with E-state index in [1.165, 1.54) is 0 Å². The van der Waals surface area contributed by atoms with E-state index in [9.17, 15) is 0 Å². The van der Waals surface area contributed by atoms with Gasteiger partial charge in [-0.25, -0.2) is 0 Å². The topological polar surface area (TPSA) is 12.0 Å². The number of allylic oxidation sites excluding steroid dienone is 6. The van der Waals surface area contributed by atoms with E-state index >= 15 is 0 Å². The molecule has 0 unspecified atom stereocenters. The van der Waals surface area contributed by atoms with Gasteiger partial charge in [0.1, 0.15) is 0 Å². The minimum absolute atomic E-state index is 0.949. The van der Waals surface area contributed by atoms with Gasteiger partial charge in [0.05, 0.1) is 0 Å². The molecule has 0 aromatic carbocycles. The molecule has 0 saturated carbocycles. The quantitative estimate of drug-likeness (QED) is 0.466. The lowest BCUT2D eigenvalue weighted by molar-refractivity contribution is 0.917. The molecule has 0 aliphatic carbocycles. The third-order valence-corrected chi connectivity index (χ3v) is 1.47. The summed E-state index contributed by atoms with van der Waals surface area (Å²) >= 11 is 0. The molecule has 0 aromatic rings. The van der Waals surface area contributed by atoms with Crippen LogP contribution >= 0.6 is 0 Å². The second-order valence-corrected chi connectivity index (χ2v) is 2.64. The van der Waals surface area contributed by atoms with E-state index in [-0.39, 0.29) is 0 Å². The Balaban J connectivity index is 3.30. The summed E-state index contributed by atoms with van der Waals surface area (Å²) in [7, 11) is 1.94. The van der Waals surface area contributed by atoms with Crippen LogP contribution in [0.4, 0.5) is 0 Å². The van der Waals surface area contributed by atoms with E-state index in [4.69, 9.17) is 0 Å². The minimum atomic E-state index is 0.949. The Morgan fingerprint density at radius 1 is 1.00 bits per heavy atom. The lowest BCUT2D eigenvalue weighted by atomic mass is 10.3. The van der Waals surface area contributed by atoms with Crippen molar-refractivity contribution >= 4 is 0 Å². The van der Waals surface area contributed by atoms with Crippen LogP contribution in [0.15, 0.2) is 49.1 Å². The Bertz CT molecular complexity index is 187. The molecule has 0 heterocycles. The molecule has 1 N–H and O–H groups in total. The monoisotopic (exact) mass is 177 g/mol. The zero-order valence-electron chi connectivity index (χ0n) is 8.37. The van der Waals surface area contributed by atoms with Crippen LogP contribution < -0.4 is 5.32 Å². The zero-order chi connectivity index (χ0) is 9.78. The summed E-state index contributed by atoms with van der Waals surface area (Å²) in [5.41, 5.74) is 0. The maximum absolute atomic E-state index is 3.60. The van der Waals surface area contributed by atoms with E-state index in [1.807, 2.05) is 13.1 Å². The molecule has 0 saturated heterocycles. The fourth-order valence-electron chi connectivity index (χ4n) is 0.822. The second-order valence-electron chi connectivity index (χ2n) is 2.64. The highest BCUT2D eigenvalue weighted by atomic mass is 14.8. The summed E-state index contributed by atoms with van der Waals surface area (Å²) in [5.74, 6) is 0. The Hall–Kier alpha value is -1.08. The van der Waals surface area contributed by atoms with Gasteiger partial charge in [-0.1, -0.05) is 49.1 Å². The number of hydrogen-bond acceptors (Lipinski definition) is 1. The van der Waals surface area contributed by atoms with Crippen molar-refractivity contribution in [1.29, 1.82) is 0 Å². The van der Waals surface area contributed by atoms with E-state index in [1.54, 1.807) is 6.08 Å². The van der Waals surface area contributed by atoms with Gasteiger partial charge in [-0.3, -0.25) is 0 Å². The van der Waals surface area contributed by atoms with Crippen molar-refractivity contribution in [3.05, 3.63) is 49.1 Å². The standard InChI is InChI=1S/C12H19N/c1-3-4-5-6-7-8-9-10-11-12-13-2/h3-5,7-8,10-11,13H,1,6,9,12H2,2H3/b5-4-,8-7-,11-10-. The van der Waals surface area contributed by atoms with Crippen molar-refractivity contribution in [3.8, 4) is 0 Å². The van der Waals surface area contributed by atoms with Crippen molar-refractivity contribution in [2.24, 2.45) is 0 Å². The Kier molecular flexibility index (Phi) is 10.0. The van der Waals surface area contributed by atoms with Crippen LogP contribution in [0.1, 0.15) is 12.8 Å². The summed E-state index contributed by atoms with van der Waals surface area (Å²) in [5, 5.41) is 3.05. The molecule has 0 radical (unpaired) electrons. The van der Waals surface area contributed by atoms with Crippen LogP contribution in [0.25, 0.3) is 0 Å². The molecule has 0 spiro atoms. The van der Waals surface area contributed by atoms with Gasteiger partial charge in [-0.2, -0.15) is 0 Å². The predicted octanol–water partition coefficient (Wildman–Crippen LogP) is 2.84. The first kappa shape index (κ1) is 11.9. The van der Waals surface area contributed by atoms with Crippen molar-refractivity contribution in [2.45, 2.75) is 12.8 Å². The molecule has 0 amide bonds. The molecule has 0 aliphatic heterocycles. The second kappa shape index (κ2) is 10.9. The average Bonchev–Trinajstić information content (AvgIpc) is 2.16. The summed E-state index contributed by atoms with van der Waals surface area (Å²) < 4.78 is 0. The zero-order valence-corrected chi connectivity index (χ0v) is 8.37. The van der Waals surface area contributed by atoms with Crippen molar-refractivity contribution < 1.29 is 0 Å². The van der Waals surface area contributed by atoms with Crippen molar-refractivity contribution in [2.75, 3.05) is 13.6 Å². The smallest absolute Gasteiger partial charge is 0.0131 e. The summed E-state index contributed by atoms with van der Waals surface area (Å²) in [6, 6.07) is 0. The summed E-state index contributed by atoms with van der Waals surface area (Å²) in [4.78, 5) is 0. The van der Waals surface area contributed by atoms with Crippen molar-refractivity contribution in [3.63, 3.8) is 0 Å². The van der Waals surface area contributed by atoms with Gasteiger partial charge in [-0.15, -0.1) is 0 Å². The molecule has 1 nitrogen and oxygen atoms in total. The van der Waals surface area contributed by atoms with E-state index in [2.05, 4.69) is 42.3 Å². The first-order valence-electron chi connectivity index (χ1n) is 4.64. The minimum Gasteiger partial charge on any atom is -0.316 e.